The van der Waals surface area contributed by atoms with Gasteiger partial charge in [-0.3, -0.25) is 4.79 Å². The maximum atomic E-state index is 12.2. The summed E-state index contributed by atoms with van der Waals surface area (Å²) in [6.07, 6.45) is 0.477. The van der Waals surface area contributed by atoms with Gasteiger partial charge in [0.05, 0.1) is 10.9 Å². The zero-order chi connectivity index (χ0) is 14.9. The number of nitrogens with zero attached hydrogens (tertiary/aromatic N) is 1. The van der Waals surface area contributed by atoms with Crippen molar-refractivity contribution in [1.82, 2.24) is 4.90 Å². The monoisotopic (exact) mass is 360 g/mol. The van der Waals surface area contributed by atoms with Crippen molar-refractivity contribution in [3.8, 4) is 0 Å². The first kappa shape index (κ1) is 15.1. The largest absolute Gasteiger partial charge is 0.481 e. The number of aliphatic carboxylic acids is 1. The number of halogens is 2. The summed E-state index contributed by atoms with van der Waals surface area (Å²) < 4.78 is 0.748. The van der Waals surface area contributed by atoms with Crippen LogP contribution < -0.4 is 5.32 Å². The molecule has 1 heterocycles. The van der Waals surface area contributed by atoms with E-state index >= 15 is 0 Å². The van der Waals surface area contributed by atoms with Gasteiger partial charge < -0.3 is 15.3 Å². The van der Waals surface area contributed by atoms with Gasteiger partial charge in [0.2, 0.25) is 0 Å². The summed E-state index contributed by atoms with van der Waals surface area (Å²) in [5.74, 6) is -1.37. The van der Waals surface area contributed by atoms with E-state index < -0.39 is 11.9 Å². The molecule has 1 aromatic rings. The molecule has 7 heteroatoms. The Bertz CT molecular complexity index is 552. The standard InChI is InChI=1S/C13H14BrClN2O3/c1-7-9(12(18)19)4-5-17(7)13(20)16-8-2-3-10(14)11(15)6-8/h2-3,6-7,9H,4-5H2,1H3,(H,16,20)(H,18,19). The zero-order valence-electron chi connectivity index (χ0n) is 10.8. The number of rotatable bonds is 2. The lowest BCUT2D eigenvalue weighted by atomic mass is 10.0. The van der Waals surface area contributed by atoms with Crippen molar-refractivity contribution in [1.29, 1.82) is 0 Å². The molecule has 0 spiro atoms. The molecule has 2 rings (SSSR count). The van der Waals surface area contributed by atoms with Gasteiger partial charge in [0, 0.05) is 22.7 Å². The number of hydrogen-bond acceptors (Lipinski definition) is 2. The van der Waals surface area contributed by atoms with Crippen LogP contribution >= 0.6 is 27.5 Å². The zero-order valence-corrected chi connectivity index (χ0v) is 13.1. The van der Waals surface area contributed by atoms with Crippen molar-refractivity contribution in [2.75, 3.05) is 11.9 Å². The van der Waals surface area contributed by atoms with Crippen LogP contribution in [0, 0.1) is 5.92 Å². The Morgan fingerprint density at radius 2 is 2.20 bits per heavy atom. The molecule has 2 atom stereocenters. The Morgan fingerprint density at radius 3 is 2.75 bits per heavy atom. The van der Waals surface area contributed by atoms with E-state index in [-0.39, 0.29) is 12.1 Å². The highest BCUT2D eigenvalue weighted by molar-refractivity contribution is 9.10. The average Bonchev–Trinajstić information content (AvgIpc) is 2.76. The Kier molecular flexibility index (Phi) is 4.55. The molecule has 2 unspecified atom stereocenters. The number of benzene rings is 1. The van der Waals surface area contributed by atoms with Crippen molar-refractivity contribution < 1.29 is 14.7 Å². The number of carboxylic acids is 1. The van der Waals surface area contributed by atoms with Crippen LogP contribution in [0.5, 0.6) is 0 Å². The molecule has 2 amide bonds. The lowest BCUT2D eigenvalue weighted by molar-refractivity contribution is -0.142. The summed E-state index contributed by atoms with van der Waals surface area (Å²) >= 11 is 9.24. The second kappa shape index (κ2) is 6.01. The molecular formula is C13H14BrClN2O3. The molecular weight excluding hydrogens is 348 g/mol. The summed E-state index contributed by atoms with van der Waals surface area (Å²) in [6.45, 7) is 2.19. The van der Waals surface area contributed by atoms with E-state index in [2.05, 4.69) is 21.2 Å². The third-order valence-electron chi connectivity index (χ3n) is 3.50. The van der Waals surface area contributed by atoms with Gasteiger partial charge in [0.15, 0.2) is 0 Å². The van der Waals surface area contributed by atoms with Gasteiger partial charge >= 0.3 is 12.0 Å². The summed E-state index contributed by atoms with van der Waals surface area (Å²) in [7, 11) is 0. The summed E-state index contributed by atoms with van der Waals surface area (Å²) in [5.41, 5.74) is 0.578. The number of likely N-dealkylation sites (tertiary alicyclic amines) is 1. The van der Waals surface area contributed by atoms with E-state index in [0.29, 0.717) is 23.7 Å². The number of nitrogens with one attached hydrogen (secondary N) is 1. The first-order valence-corrected chi connectivity index (χ1v) is 7.32. The molecule has 1 fully saturated rings. The fourth-order valence-corrected chi connectivity index (χ4v) is 2.75. The number of anilines is 1. The van der Waals surface area contributed by atoms with Crippen molar-refractivity contribution in [2.24, 2.45) is 5.92 Å². The van der Waals surface area contributed by atoms with Gasteiger partial charge in [-0.2, -0.15) is 0 Å². The third kappa shape index (κ3) is 3.07. The van der Waals surface area contributed by atoms with Gasteiger partial charge in [-0.1, -0.05) is 11.6 Å². The van der Waals surface area contributed by atoms with Crippen LogP contribution in [0.1, 0.15) is 13.3 Å². The van der Waals surface area contributed by atoms with Crippen LogP contribution in [0.4, 0.5) is 10.5 Å². The summed E-state index contributed by atoms with van der Waals surface area (Å²) in [4.78, 5) is 24.7. The Morgan fingerprint density at radius 1 is 1.50 bits per heavy atom. The predicted octanol–water partition coefficient (Wildman–Crippen LogP) is 3.43. The highest BCUT2D eigenvalue weighted by Crippen LogP contribution is 2.28. The Hall–Kier alpha value is -1.27. The van der Waals surface area contributed by atoms with Crippen molar-refractivity contribution in [3.05, 3.63) is 27.7 Å². The first-order valence-electron chi connectivity index (χ1n) is 6.15. The first-order chi connectivity index (χ1) is 9.40. The second-order valence-electron chi connectivity index (χ2n) is 4.73. The van der Waals surface area contributed by atoms with Gasteiger partial charge in [-0.05, 0) is 47.5 Å². The van der Waals surface area contributed by atoms with E-state index in [4.69, 9.17) is 16.7 Å². The van der Waals surface area contributed by atoms with Crippen LogP contribution in [-0.2, 0) is 4.79 Å². The highest BCUT2D eigenvalue weighted by atomic mass is 79.9. The number of carbonyl (C=O) groups is 2. The lowest BCUT2D eigenvalue weighted by Gasteiger charge is -2.23. The maximum absolute atomic E-state index is 12.2. The molecule has 0 bridgehead atoms. The van der Waals surface area contributed by atoms with E-state index in [0.717, 1.165) is 4.47 Å². The SMILES string of the molecule is CC1C(C(=O)O)CCN1C(=O)Nc1ccc(Br)c(Cl)c1. The normalized spacial score (nSPS) is 21.9. The molecule has 0 saturated carbocycles. The van der Waals surface area contributed by atoms with Crippen LogP contribution in [0.2, 0.25) is 5.02 Å². The minimum Gasteiger partial charge on any atom is -0.481 e. The minimum absolute atomic E-state index is 0.306. The van der Waals surface area contributed by atoms with Crippen molar-refractivity contribution in [2.45, 2.75) is 19.4 Å². The summed E-state index contributed by atoms with van der Waals surface area (Å²) in [6, 6.07) is 4.48. The highest BCUT2D eigenvalue weighted by Gasteiger charge is 2.38. The average molecular weight is 362 g/mol. The van der Waals surface area contributed by atoms with E-state index in [1.807, 2.05) is 0 Å². The second-order valence-corrected chi connectivity index (χ2v) is 5.99. The van der Waals surface area contributed by atoms with Crippen molar-refractivity contribution in [3.63, 3.8) is 0 Å². The maximum Gasteiger partial charge on any atom is 0.322 e. The number of urea groups is 1. The smallest absolute Gasteiger partial charge is 0.322 e. The molecule has 1 saturated heterocycles. The van der Waals surface area contributed by atoms with E-state index in [9.17, 15) is 9.59 Å². The Labute approximate surface area is 130 Å². The topological polar surface area (TPSA) is 69.6 Å². The number of carboxylic acid groups (broad SMARTS) is 1. The molecule has 2 N–H and O–H groups in total. The predicted molar refractivity (Wildman–Crippen MR) is 80.1 cm³/mol. The fraction of sp³-hybridized carbons (Fsp3) is 0.385. The molecule has 1 aliphatic rings. The molecule has 1 aliphatic heterocycles. The Balaban J connectivity index is 2.05. The number of amides is 2. The summed E-state index contributed by atoms with van der Waals surface area (Å²) in [5, 5.41) is 12.3. The molecule has 0 radical (unpaired) electrons. The van der Waals surface area contributed by atoms with E-state index in [1.54, 1.807) is 25.1 Å². The van der Waals surface area contributed by atoms with Gasteiger partial charge in [0.1, 0.15) is 0 Å². The van der Waals surface area contributed by atoms with E-state index in [1.165, 1.54) is 4.90 Å². The van der Waals surface area contributed by atoms with Crippen LogP contribution in [-0.4, -0.2) is 34.6 Å². The lowest BCUT2D eigenvalue weighted by Crippen LogP contribution is -2.40. The fourth-order valence-electron chi connectivity index (χ4n) is 2.33. The molecule has 20 heavy (non-hydrogen) atoms. The molecule has 1 aromatic carbocycles. The van der Waals surface area contributed by atoms with Crippen LogP contribution in [0.3, 0.4) is 0 Å². The van der Waals surface area contributed by atoms with Gasteiger partial charge in [-0.15, -0.1) is 0 Å². The third-order valence-corrected chi connectivity index (χ3v) is 4.74. The number of carbonyl (C=O) groups excluding carboxylic acids is 1. The van der Waals surface area contributed by atoms with Gasteiger partial charge in [0.25, 0.3) is 0 Å². The van der Waals surface area contributed by atoms with Gasteiger partial charge in [-0.25, -0.2) is 4.79 Å². The molecule has 0 aromatic heterocycles. The van der Waals surface area contributed by atoms with Crippen LogP contribution in [0.15, 0.2) is 22.7 Å². The number of hydrogen-bond donors (Lipinski definition) is 2. The van der Waals surface area contributed by atoms with Crippen molar-refractivity contribution >= 4 is 45.2 Å². The molecule has 0 aliphatic carbocycles. The molecule has 5 nitrogen and oxygen atoms in total. The molecule has 108 valence electrons. The quantitative estimate of drug-likeness (QED) is 0.848. The minimum atomic E-state index is -0.862. The van der Waals surface area contributed by atoms with Crippen LogP contribution in [0.25, 0.3) is 0 Å².